The first kappa shape index (κ1) is 23.6. The highest BCUT2D eigenvalue weighted by atomic mass is 32.2. The van der Waals surface area contributed by atoms with E-state index in [0.717, 1.165) is 43.3 Å². The minimum absolute atomic E-state index is 0.0220. The fourth-order valence-electron chi connectivity index (χ4n) is 4.05. The summed E-state index contributed by atoms with van der Waals surface area (Å²) in [5.74, 6) is 1.17. The Labute approximate surface area is 208 Å². The van der Waals surface area contributed by atoms with Gasteiger partial charge in [-0.2, -0.15) is 0 Å². The topological polar surface area (TPSA) is 120 Å². The van der Waals surface area contributed by atoms with E-state index in [2.05, 4.69) is 24.8 Å². The van der Waals surface area contributed by atoms with Crippen molar-refractivity contribution in [1.82, 2.24) is 24.5 Å². The Kier molecular flexibility index (Phi) is 6.47. The Hall–Kier alpha value is -4.12. The van der Waals surface area contributed by atoms with E-state index in [9.17, 15) is 13.2 Å². The van der Waals surface area contributed by atoms with Crippen molar-refractivity contribution in [2.75, 3.05) is 24.2 Å². The van der Waals surface area contributed by atoms with Crippen LogP contribution in [0.15, 0.2) is 83.4 Å². The largest absolute Gasteiger partial charge is 0.490 e. The molecule has 10 nitrogen and oxygen atoms in total. The second-order valence-corrected chi connectivity index (χ2v) is 10.6. The van der Waals surface area contributed by atoms with Crippen LogP contribution >= 0.6 is 0 Å². The maximum Gasteiger partial charge on any atom is 0.258 e. The molecule has 1 saturated heterocycles. The van der Waals surface area contributed by atoms with Crippen LogP contribution in [-0.4, -0.2) is 58.4 Å². The molecule has 0 unspecified atom stereocenters. The Morgan fingerprint density at radius 2 is 1.56 bits per heavy atom. The Balaban J connectivity index is 1.19. The average molecular weight is 505 g/mol. The summed E-state index contributed by atoms with van der Waals surface area (Å²) in [5.41, 5.74) is 2.05. The van der Waals surface area contributed by atoms with E-state index in [0.29, 0.717) is 17.4 Å². The van der Waals surface area contributed by atoms with Gasteiger partial charge in [0.2, 0.25) is 5.95 Å². The number of hydrogen-bond acceptors (Lipinski definition) is 9. The molecule has 4 heterocycles. The van der Waals surface area contributed by atoms with Crippen LogP contribution in [0.25, 0.3) is 16.8 Å². The number of pyridine rings is 1. The molecule has 3 aromatic heterocycles. The van der Waals surface area contributed by atoms with Crippen molar-refractivity contribution in [2.24, 2.45) is 0 Å². The number of nitrogens with zero attached hydrogens (tertiary/aromatic N) is 6. The van der Waals surface area contributed by atoms with Crippen LogP contribution in [0.5, 0.6) is 5.75 Å². The highest BCUT2D eigenvalue weighted by Gasteiger charge is 2.22. The molecular formula is C25H24N6O4S. The summed E-state index contributed by atoms with van der Waals surface area (Å²) in [6, 6.07) is 9.39. The standard InChI is InChI=1S/C25H24N6O4S/c1-36(33,34)23-4-2-20(3-5-23)31-11-8-22(12-24(31)32)35-21-6-9-30(10-7-21)25-28-15-19(16-29-25)18-13-26-17-27-14-18/h2-5,8,11-17,21H,6-7,9-10H2,1H3. The van der Waals surface area contributed by atoms with Gasteiger partial charge in [0.15, 0.2) is 9.84 Å². The van der Waals surface area contributed by atoms with E-state index >= 15 is 0 Å². The lowest BCUT2D eigenvalue weighted by molar-refractivity contribution is 0.170. The fourth-order valence-corrected chi connectivity index (χ4v) is 4.68. The fraction of sp³-hybridized carbons (Fsp3) is 0.240. The molecule has 0 bridgehead atoms. The van der Waals surface area contributed by atoms with Crippen molar-refractivity contribution in [3.8, 4) is 22.6 Å². The smallest absolute Gasteiger partial charge is 0.258 e. The normalized spacial score (nSPS) is 14.5. The van der Waals surface area contributed by atoms with Crippen molar-refractivity contribution in [3.63, 3.8) is 0 Å². The molecule has 1 fully saturated rings. The molecule has 4 aromatic rings. The molecule has 0 atom stereocenters. The number of rotatable bonds is 6. The van der Waals surface area contributed by atoms with Gasteiger partial charge in [-0.05, 0) is 30.3 Å². The van der Waals surface area contributed by atoms with Gasteiger partial charge in [0.1, 0.15) is 18.2 Å². The highest BCUT2D eigenvalue weighted by molar-refractivity contribution is 7.90. The maximum absolute atomic E-state index is 12.7. The molecule has 1 aliphatic rings. The van der Waals surface area contributed by atoms with E-state index in [-0.39, 0.29) is 16.6 Å². The summed E-state index contributed by atoms with van der Waals surface area (Å²) in [6.45, 7) is 1.48. The lowest BCUT2D eigenvalue weighted by Crippen LogP contribution is -2.39. The summed E-state index contributed by atoms with van der Waals surface area (Å²) < 4.78 is 30.8. The van der Waals surface area contributed by atoms with Crippen LogP contribution in [-0.2, 0) is 9.84 Å². The molecule has 11 heteroatoms. The summed E-state index contributed by atoms with van der Waals surface area (Å²) in [5, 5.41) is 0. The Morgan fingerprint density at radius 3 is 2.17 bits per heavy atom. The number of sulfone groups is 1. The zero-order chi connectivity index (χ0) is 25.1. The van der Waals surface area contributed by atoms with Gasteiger partial charge in [-0.1, -0.05) is 0 Å². The van der Waals surface area contributed by atoms with Crippen molar-refractivity contribution in [1.29, 1.82) is 0 Å². The van der Waals surface area contributed by atoms with Gasteiger partial charge >= 0.3 is 0 Å². The molecule has 36 heavy (non-hydrogen) atoms. The van der Waals surface area contributed by atoms with Gasteiger partial charge in [-0.25, -0.2) is 28.4 Å². The first-order chi connectivity index (χ1) is 17.4. The number of hydrogen-bond donors (Lipinski definition) is 0. The lowest BCUT2D eigenvalue weighted by Gasteiger charge is -2.32. The molecule has 0 N–H and O–H groups in total. The molecule has 0 spiro atoms. The van der Waals surface area contributed by atoms with Crippen LogP contribution in [0.2, 0.25) is 0 Å². The lowest BCUT2D eigenvalue weighted by atomic mass is 10.1. The van der Waals surface area contributed by atoms with Gasteiger partial charge in [0.25, 0.3) is 5.56 Å². The molecule has 0 aliphatic carbocycles. The summed E-state index contributed by atoms with van der Waals surface area (Å²) in [7, 11) is -3.29. The first-order valence-corrected chi connectivity index (χ1v) is 13.3. The van der Waals surface area contributed by atoms with Crippen molar-refractivity contribution in [3.05, 3.63) is 84.1 Å². The molecule has 0 saturated carbocycles. The molecule has 5 rings (SSSR count). The van der Waals surface area contributed by atoms with E-state index in [1.54, 1.807) is 49.2 Å². The minimum Gasteiger partial charge on any atom is -0.490 e. The number of aromatic nitrogens is 5. The summed E-state index contributed by atoms with van der Waals surface area (Å²) in [6.07, 6.45) is 12.8. The van der Waals surface area contributed by atoms with Gasteiger partial charge in [-0.3, -0.25) is 9.36 Å². The molecule has 0 radical (unpaired) electrons. The van der Waals surface area contributed by atoms with Crippen LogP contribution in [0, 0.1) is 0 Å². The number of anilines is 1. The summed E-state index contributed by atoms with van der Waals surface area (Å²) in [4.78, 5) is 32.0. The van der Waals surface area contributed by atoms with Crippen LogP contribution in [0.4, 0.5) is 5.95 Å². The van der Waals surface area contributed by atoms with Crippen molar-refractivity contribution >= 4 is 15.8 Å². The van der Waals surface area contributed by atoms with Gasteiger partial charge in [0, 0.05) is 86.1 Å². The highest BCUT2D eigenvalue weighted by Crippen LogP contribution is 2.22. The third-order valence-electron chi connectivity index (χ3n) is 5.99. The van der Waals surface area contributed by atoms with E-state index < -0.39 is 9.84 Å². The third-order valence-corrected chi connectivity index (χ3v) is 7.12. The van der Waals surface area contributed by atoms with Crippen LogP contribution in [0.3, 0.4) is 0 Å². The molecule has 1 aromatic carbocycles. The zero-order valence-electron chi connectivity index (χ0n) is 19.6. The van der Waals surface area contributed by atoms with Crippen molar-refractivity contribution in [2.45, 2.75) is 23.8 Å². The summed E-state index contributed by atoms with van der Waals surface area (Å²) >= 11 is 0. The quantitative estimate of drug-likeness (QED) is 0.390. The van der Waals surface area contributed by atoms with Gasteiger partial charge in [-0.15, -0.1) is 0 Å². The SMILES string of the molecule is CS(=O)(=O)c1ccc(-n2ccc(OC3CCN(c4ncc(-c5cncnc5)cn4)CC3)cc2=O)cc1. The number of ether oxygens (including phenoxy) is 1. The van der Waals surface area contributed by atoms with Crippen LogP contribution in [0.1, 0.15) is 12.8 Å². The second kappa shape index (κ2) is 9.86. The molecule has 1 aliphatic heterocycles. The maximum atomic E-state index is 12.7. The molecule has 0 amide bonds. The average Bonchev–Trinajstić information content (AvgIpc) is 2.89. The van der Waals surface area contributed by atoms with Crippen molar-refractivity contribution < 1.29 is 13.2 Å². The monoisotopic (exact) mass is 504 g/mol. The predicted molar refractivity (Wildman–Crippen MR) is 134 cm³/mol. The van der Waals surface area contributed by atoms with E-state index in [4.69, 9.17) is 4.74 Å². The number of benzene rings is 1. The predicted octanol–water partition coefficient (Wildman–Crippen LogP) is 2.54. The van der Waals surface area contributed by atoms with Gasteiger partial charge in [0.05, 0.1) is 4.90 Å². The number of piperidine rings is 1. The Morgan fingerprint density at radius 1 is 0.917 bits per heavy atom. The second-order valence-electron chi connectivity index (χ2n) is 8.54. The first-order valence-electron chi connectivity index (χ1n) is 11.4. The van der Waals surface area contributed by atoms with Gasteiger partial charge < -0.3 is 9.64 Å². The third kappa shape index (κ3) is 5.25. The van der Waals surface area contributed by atoms with E-state index in [1.165, 1.54) is 29.1 Å². The minimum atomic E-state index is -3.29. The molecular weight excluding hydrogens is 480 g/mol. The zero-order valence-corrected chi connectivity index (χ0v) is 20.4. The molecule has 184 valence electrons. The van der Waals surface area contributed by atoms with Crippen LogP contribution < -0.4 is 15.2 Å². The van der Waals surface area contributed by atoms with E-state index in [1.807, 2.05) is 0 Å². The Bertz CT molecular complexity index is 1500.